The van der Waals surface area contributed by atoms with Gasteiger partial charge in [-0.3, -0.25) is 0 Å². The zero-order chi connectivity index (χ0) is 13.6. The quantitative estimate of drug-likeness (QED) is 0.787. The summed E-state index contributed by atoms with van der Waals surface area (Å²) in [5, 5.41) is 9.37. The van der Waals surface area contributed by atoms with E-state index in [9.17, 15) is 8.42 Å². The third-order valence-electron chi connectivity index (χ3n) is 2.54. The smallest absolute Gasteiger partial charge is 0.154 e. The third kappa shape index (κ3) is 5.14. The molecular formula is C12H16Cl2O3S. The van der Waals surface area contributed by atoms with Crippen molar-refractivity contribution in [3.63, 3.8) is 0 Å². The fourth-order valence-electron chi connectivity index (χ4n) is 1.57. The van der Waals surface area contributed by atoms with Gasteiger partial charge in [0.1, 0.15) is 0 Å². The first-order chi connectivity index (χ1) is 8.46. The van der Waals surface area contributed by atoms with Gasteiger partial charge in [-0.2, -0.15) is 0 Å². The number of halogens is 2. The van der Waals surface area contributed by atoms with Crippen molar-refractivity contribution in [1.82, 2.24) is 0 Å². The lowest BCUT2D eigenvalue weighted by atomic mass is 10.2. The molecule has 6 heteroatoms. The summed E-state index contributed by atoms with van der Waals surface area (Å²) in [7, 11) is -3.21. The van der Waals surface area contributed by atoms with Crippen molar-refractivity contribution >= 4 is 33.0 Å². The van der Waals surface area contributed by atoms with Gasteiger partial charge in [-0.1, -0.05) is 35.7 Å². The van der Waals surface area contributed by atoms with E-state index in [1.807, 2.05) is 0 Å². The van der Waals surface area contributed by atoms with Gasteiger partial charge >= 0.3 is 0 Å². The molecule has 0 heterocycles. The van der Waals surface area contributed by atoms with Crippen LogP contribution in [0.5, 0.6) is 0 Å². The van der Waals surface area contributed by atoms with Crippen molar-refractivity contribution in [2.45, 2.75) is 25.0 Å². The largest absolute Gasteiger partial charge is 0.396 e. The van der Waals surface area contributed by atoms with Crippen molar-refractivity contribution in [3.8, 4) is 0 Å². The van der Waals surface area contributed by atoms with Crippen LogP contribution in [0.25, 0.3) is 0 Å². The van der Waals surface area contributed by atoms with E-state index in [2.05, 4.69) is 0 Å². The third-order valence-corrected chi connectivity index (χ3v) is 4.89. The van der Waals surface area contributed by atoms with Crippen LogP contribution in [0, 0.1) is 0 Å². The Balaban J connectivity index is 2.65. The van der Waals surface area contributed by atoms with Crippen LogP contribution < -0.4 is 0 Å². The summed E-state index contributed by atoms with van der Waals surface area (Å²) in [4.78, 5) is 0. The van der Waals surface area contributed by atoms with Crippen LogP contribution in [0.3, 0.4) is 0 Å². The number of aliphatic hydroxyl groups is 1. The molecule has 1 aromatic carbocycles. The zero-order valence-corrected chi connectivity index (χ0v) is 12.2. The Kier molecular flexibility index (Phi) is 6.43. The summed E-state index contributed by atoms with van der Waals surface area (Å²) in [6.07, 6.45) is 1.87. The molecule has 1 rings (SSSR count). The second-order valence-electron chi connectivity index (χ2n) is 4.08. The Hall–Kier alpha value is -0.290. The average molecular weight is 311 g/mol. The zero-order valence-electron chi connectivity index (χ0n) is 9.90. The monoisotopic (exact) mass is 310 g/mol. The Morgan fingerprint density at radius 1 is 1.06 bits per heavy atom. The molecule has 0 atom stereocenters. The van der Waals surface area contributed by atoms with E-state index in [0.717, 1.165) is 0 Å². The molecule has 1 N–H and O–H groups in total. The van der Waals surface area contributed by atoms with Gasteiger partial charge in [-0.25, -0.2) is 8.42 Å². The molecule has 0 aromatic heterocycles. The predicted molar refractivity (Wildman–Crippen MR) is 74.9 cm³/mol. The maximum Gasteiger partial charge on any atom is 0.154 e. The van der Waals surface area contributed by atoms with Crippen LogP contribution in [-0.2, 0) is 15.6 Å². The van der Waals surface area contributed by atoms with Crippen LogP contribution >= 0.6 is 23.2 Å². The normalized spacial score (nSPS) is 11.7. The summed E-state index contributed by atoms with van der Waals surface area (Å²) >= 11 is 11.9. The number of benzene rings is 1. The molecule has 1 aromatic rings. The lowest BCUT2D eigenvalue weighted by molar-refractivity contribution is 0.284. The molecule has 0 fully saturated rings. The summed E-state index contributed by atoms with van der Waals surface area (Å²) in [6, 6.07) is 4.94. The summed E-state index contributed by atoms with van der Waals surface area (Å²) in [5.41, 5.74) is 0.461. The number of aliphatic hydroxyl groups excluding tert-OH is 1. The molecule has 3 nitrogen and oxygen atoms in total. The Morgan fingerprint density at radius 2 is 1.67 bits per heavy atom. The van der Waals surface area contributed by atoms with Crippen LogP contribution in [0.4, 0.5) is 0 Å². The lowest BCUT2D eigenvalue weighted by Gasteiger charge is -2.08. The summed E-state index contributed by atoms with van der Waals surface area (Å²) in [6.45, 7) is 0.0936. The number of unbranched alkanes of at least 4 members (excludes halogenated alkanes) is 2. The Morgan fingerprint density at radius 3 is 2.22 bits per heavy atom. The molecule has 0 aliphatic carbocycles. The molecular weight excluding hydrogens is 295 g/mol. The van der Waals surface area contributed by atoms with Gasteiger partial charge in [0.25, 0.3) is 0 Å². The highest BCUT2D eigenvalue weighted by molar-refractivity contribution is 7.90. The van der Waals surface area contributed by atoms with Crippen LogP contribution in [0.15, 0.2) is 18.2 Å². The highest BCUT2D eigenvalue weighted by Crippen LogP contribution is 2.26. The van der Waals surface area contributed by atoms with Gasteiger partial charge in [-0.15, -0.1) is 0 Å². The van der Waals surface area contributed by atoms with Crippen molar-refractivity contribution in [1.29, 1.82) is 0 Å². The molecule has 0 saturated carbocycles. The van der Waals surface area contributed by atoms with Crippen LogP contribution in [0.2, 0.25) is 10.0 Å². The first-order valence-electron chi connectivity index (χ1n) is 5.70. The maximum atomic E-state index is 11.9. The fraction of sp³-hybridized carbons (Fsp3) is 0.500. The van der Waals surface area contributed by atoms with Crippen molar-refractivity contribution in [2.75, 3.05) is 12.4 Å². The minimum absolute atomic E-state index is 0.0918. The second kappa shape index (κ2) is 7.34. The number of sulfone groups is 1. The van der Waals surface area contributed by atoms with Gasteiger partial charge in [0.15, 0.2) is 9.84 Å². The molecule has 0 unspecified atom stereocenters. The molecule has 0 aliphatic heterocycles. The van der Waals surface area contributed by atoms with E-state index < -0.39 is 9.84 Å². The van der Waals surface area contributed by atoms with Gasteiger partial charge in [0.2, 0.25) is 0 Å². The van der Waals surface area contributed by atoms with E-state index in [-0.39, 0.29) is 18.1 Å². The van der Waals surface area contributed by atoms with Crippen molar-refractivity contribution in [3.05, 3.63) is 33.8 Å². The molecule has 0 aliphatic rings. The Labute approximate surface area is 118 Å². The second-order valence-corrected chi connectivity index (χ2v) is 7.07. The minimum atomic E-state index is -3.21. The fourth-order valence-corrected chi connectivity index (χ4v) is 3.80. The number of rotatable bonds is 7. The van der Waals surface area contributed by atoms with Crippen molar-refractivity contribution < 1.29 is 13.5 Å². The van der Waals surface area contributed by atoms with Gasteiger partial charge in [-0.05, 0) is 25.0 Å². The van der Waals surface area contributed by atoms with Gasteiger partial charge in [0, 0.05) is 22.2 Å². The summed E-state index contributed by atoms with van der Waals surface area (Å²) in [5.74, 6) is -0.0425. The number of hydrogen-bond acceptors (Lipinski definition) is 3. The molecule has 18 heavy (non-hydrogen) atoms. The SMILES string of the molecule is O=S(=O)(CCCCCO)Cc1c(Cl)cccc1Cl. The van der Waals surface area contributed by atoms with E-state index >= 15 is 0 Å². The standard InChI is InChI=1S/C12H16Cl2O3S/c13-11-5-4-6-12(14)10(11)9-18(16,17)8-3-1-2-7-15/h4-6,15H,1-3,7-9H2. The topological polar surface area (TPSA) is 54.4 Å². The van der Waals surface area contributed by atoms with Crippen molar-refractivity contribution in [2.24, 2.45) is 0 Å². The lowest BCUT2D eigenvalue weighted by Crippen LogP contribution is -2.10. The van der Waals surface area contributed by atoms with Gasteiger partial charge in [0.05, 0.1) is 11.5 Å². The first-order valence-corrected chi connectivity index (χ1v) is 8.28. The van der Waals surface area contributed by atoms with Crippen LogP contribution in [0.1, 0.15) is 24.8 Å². The highest BCUT2D eigenvalue weighted by atomic mass is 35.5. The van der Waals surface area contributed by atoms with Crippen LogP contribution in [-0.4, -0.2) is 25.9 Å². The van der Waals surface area contributed by atoms with E-state index in [0.29, 0.717) is 34.9 Å². The molecule has 0 bridgehead atoms. The molecule has 0 saturated heterocycles. The average Bonchev–Trinajstić information content (AvgIpc) is 2.30. The summed E-state index contributed by atoms with van der Waals surface area (Å²) < 4.78 is 23.8. The van der Waals surface area contributed by atoms with E-state index in [1.54, 1.807) is 18.2 Å². The number of hydrogen-bond donors (Lipinski definition) is 1. The molecule has 0 radical (unpaired) electrons. The van der Waals surface area contributed by atoms with E-state index in [1.165, 1.54) is 0 Å². The predicted octanol–water partition coefficient (Wildman–Crippen LogP) is 3.07. The highest BCUT2D eigenvalue weighted by Gasteiger charge is 2.16. The minimum Gasteiger partial charge on any atom is -0.396 e. The molecule has 0 spiro atoms. The maximum absolute atomic E-state index is 11.9. The first kappa shape index (κ1) is 15.8. The molecule has 0 amide bonds. The molecule has 102 valence electrons. The Bertz CT molecular complexity index is 466. The van der Waals surface area contributed by atoms with Gasteiger partial charge < -0.3 is 5.11 Å². The van der Waals surface area contributed by atoms with E-state index in [4.69, 9.17) is 28.3 Å².